The summed E-state index contributed by atoms with van der Waals surface area (Å²) in [5, 5.41) is 0. The van der Waals surface area contributed by atoms with Gasteiger partial charge in [-0.2, -0.15) is 0 Å². The van der Waals surface area contributed by atoms with Gasteiger partial charge in [-0.3, -0.25) is 4.79 Å². The van der Waals surface area contributed by atoms with Crippen LogP contribution >= 0.6 is 0 Å². The maximum Gasteiger partial charge on any atom is 0.344 e. The van der Waals surface area contributed by atoms with Gasteiger partial charge in [0.15, 0.2) is 12.4 Å². The number of ketones is 1. The number of aromatic nitrogens is 1. The Morgan fingerprint density at radius 1 is 1.33 bits per heavy atom. The second-order valence-corrected chi connectivity index (χ2v) is 4.78. The van der Waals surface area contributed by atoms with Crippen LogP contribution in [0.3, 0.4) is 0 Å². The van der Waals surface area contributed by atoms with Crippen molar-refractivity contribution >= 4 is 11.8 Å². The van der Waals surface area contributed by atoms with Crippen LogP contribution in [0.1, 0.15) is 38.2 Å². The number of nitrogens with zero attached hydrogens (tertiary/aromatic N) is 1. The van der Waals surface area contributed by atoms with Crippen LogP contribution in [-0.4, -0.2) is 28.9 Å². The van der Waals surface area contributed by atoms with Crippen molar-refractivity contribution in [1.82, 2.24) is 4.98 Å². The zero-order chi connectivity index (χ0) is 13.8. The number of hydrogen-bond acceptors (Lipinski definition) is 5. The Bertz CT molecular complexity index is 449. The van der Waals surface area contributed by atoms with Crippen LogP contribution in [0.15, 0.2) is 18.3 Å². The van der Waals surface area contributed by atoms with E-state index in [1.165, 1.54) is 13.1 Å². The maximum absolute atomic E-state index is 11.5. The molecule has 0 atom stereocenters. The zero-order valence-electron chi connectivity index (χ0n) is 11.0. The Kier molecular flexibility index (Phi) is 4.42. The second-order valence-electron chi connectivity index (χ2n) is 4.78. The summed E-state index contributed by atoms with van der Waals surface area (Å²) in [5.74, 6) is -0.411. The summed E-state index contributed by atoms with van der Waals surface area (Å²) in [7, 11) is 0. The van der Waals surface area contributed by atoms with E-state index in [1.807, 2.05) is 0 Å². The number of pyridine rings is 1. The molecule has 1 rings (SSSR count). The van der Waals surface area contributed by atoms with Crippen LogP contribution in [0, 0.1) is 0 Å². The topological polar surface area (TPSA) is 65.5 Å². The third-order valence-corrected chi connectivity index (χ3v) is 1.87. The van der Waals surface area contributed by atoms with Gasteiger partial charge in [0.05, 0.1) is 0 Å². The minimum atomic E-state index is -0.557. The first-order valence-corrected chi connectivity index (χ1v) is 5.60. The van der Waals surface area contributed by atoms with Crippen LogP contribution in [0.4, 0.5) is 0 Å². The minimum absolute atomic E-state index is 0.209. The molecule has 98 valence electrons. The number of esters is 1. The van der Waals surface area contributed by atoms with E-state index in [2.05, 4.69) is 4.98 Å². The second kappa shape index (κ2) is 5.62. The first-order chi connectivity index (χ1) is 8.29. The molecule has 0 radical (unpaired) electrons. The molecule has 0 saturated heterocycles. The third-order valence-electron chi connectivity index (χ3n) is 1.87. The lowest BCUT2D eigenvalue weighted by atomic mass is 10.2. The van der Waals surface area contributed by atoms with Gasteiger partial charge in [-0.1, -0.05) is 0 Å². The summed E-state index contributed by atoms with van der Waals surface area (Å²) in [6.45, 7) is 6.47. The van der Waals surface area contributed by atoms with Gasteiger partial charge < -0.3 is 9.47 Å². The predicted molar refractivity (Wildman–Crippen MR) is 65.6 cm³/mol. The lowest BCUT2D eigenvalue weighted by molar-refractivity contribution is -0.157. The minimum Gasteiger partial charge on any atom is -0.479 e. The molecule has 0 bridgehead atoms. The van der Waals surface area contributed by atoms with Gasteiger partial charge in [-0.05, 0) is 32.9 Å². The largest absolute Gasteiger partial charge is 0.479 e. The summed E-state index contributed by atoms with van der Waals surface area (Å²) >= 11 is 0. The number of carbonyl (C=O) groups is 2. The maximum atomic E-state index is 11.5. The van der Waals surface area contributed by atoms with Gasteiger partial charge in [0.1, 0.15) is 17.0 Å². The van der Waals surface area contributed by atoms with Crippen molar-refractivity contribution in [1.29, 1.82) is 0 Å². The molecule has 1 heterocycles. The Balaban J connectivity index is 2.64. The molecule has 1 aromatic rings. The highest BCUT2D eigenvalue weighted by atomic mass is 16.6. The van der Waals surface area contributed by atoms with E-state index in [4.69, 9.17) is 9.47 Å². The molecule has 5 nitrogen and oxygen atoms in total. The van der Waals surface area contributed by atoms with E-state index in [-0.39, 0.29) is 23.8 Å². The first kappa shape index (κ1) is 14.2. The molecule has 0 aliphatic rings. The van der Waals surface area contributed by atoms with E-state index < -0.39 is 11.6 Å². The van der Waals surface area contributed by atoms with Crippen LogP contribution in [-0.2, 0) is 9.53 Å². The van der Waals surface area contributed by atoms with Crippen molar-refractivity contribution in [3.63, 3.8) is 0 Å². The van der Waals surface area contributed by atoms with Crippen molar-refractivity contribution in [3.8, 4) is 5.75 Å². The monoisotopic (exact) mass is 251 g/mol. The molecular formula is C13H17NO4. The SMILES string of the molecule is CC(=O)c1ncccc1OCC(=O)OC(C)(C)C. The van der Waals surface area contributed by atoms with E-state index in [1.54, 1.807) is 32.9 Å². The van der Waals surface area contributed by atoms with Gasteiger partial charge in [0.25, 0.3) is 0 Å². The average Bonchev–Trinajstić information content (AvgIpc) is 2.24. The van der Waals surface area contributed by atoms with Crippen molar-refractivity contribution in [2.75, 3.05) is 6.61 Å². The Hall–Kier alpha value is -1.91. The molecule has 0 aliphatic heterocycles. The number of ether oxygens (including phenoxy) is 2. The van der Waals surface area contributed by atoms with Gasteiger partial charge in [0, 0.05) is 13.1 Å². The van der Waals surface area contributed by atoms with Crippen molar-refractivity contribution < 1.29 is 19.1 Å². The van der Waals surface area contributed by atoms with Crippen LogP contribution in [0.25, 0.3) is 0 Å². The van der Waals surface area contributed by atoms with Gasteiger partial charge in [-0.25, -0.2) is 9.78 Å². The summed E-state index contributed by atoms with van der Waals surface area (Å²) in [6.07, 6.45) is 1.50. The van der Waals surface area contributed by atoms with Crippen LogP contribution in [0.5, 0.6) is 5.75 Å². The first-order valence-electron chi connectivity index (χ1n) is 5.60. The molecular weight excluding hydrogens is 234 g/mol. The van der Waals surface area contributed by atoms with Gasteiger partial charge in [-0.15, -0.1) is 0 Å². The quantitative estimate of drug-likeness (QED) is 0.605. The summed E-state index contributed by atoms with van der Waals surface area (Å²) in [5.41, 5.74) is -0.347. The van der Waals surface area contributed by atoms with E-state index >= 15 is 0 Å². The summed E-state index contributed by atoms with van der Waals surface area (Å²) in [6, 6.07) is 3.23. The molecule has 0 N–H and O–H groups in total. The summed E-state index contributed by atoms with van der Waals surface area (Å²) < 4.78 is 10.3. The Labute approximate surface area is 106 Å². The fraction of sp³-hybridized carbons (Fsp3) is 0.462. The summed E-state index contributed by atoms with van der Waals surface area (Å²) in [4.78, 5) is 26.6. The highest BCUT2D eigenvalue weighted by molar-refractivity contribution is 5.94. The highest BCUT2D eigenvalue weighted by Crippen LogP contribution is 2.16. The third kappa shape index (κ3) is 4.53. The average molecular weight is 251 g/mol. The number of Topliss-reactive ketones (excluding diaryl/α,β-unsaturated/α-hetero) is 1. The fourth-order valence-electron chi connectivity index (χ4n) is 1.28. The Morgan fingerprint density at radius 2 is 2.00 bits per heavy atom. The zero-order valence-corrected chi connectivity index (χ0v) is 11.0. The standard InChI is InChI=1S/C13H17NO4/c1-9(15)12-10(6-5-7-14-12)17-8-11(16)18-13(2,3)4/h5-7H,8H2,1-4H3. The fourth-order valence-corrected chi connectivity index (χ4v) is 1.28. The molecule has 0 aromatic carbocycles. The van der Waals surface area contributed by atoms with Gasteiger partial charge >= 0.3 is 5.97 Å². The van der Waals surface area contributed by atoms with Crippen molar-refractivity contribution in [3.05, 3.63) is 24.0 Å². The Morgan fingerprint density at radius 3 is 2.56 bits per heavy atom. The molecule has 18 heavy (non-hydrogen) atoms. The number of hydrogen-bond donors (Lipinski definition) is 0. The van der Waals surface area contributed by atoms with Crippen molar-refractivity contribution in [2.45, 2.75) is 33.3 Å². The molecule has 0 amide bonds. The highest BCUT2D eigenvalue weighted by Gasteiger charge is 2.17. The molecule has 1 aromatic heterocycles. The molecule has 5 heteroatoms. The smallest absolute Gasteiger partial charge is 0.344 e. The molecule has 0 saturated carbocycles. The van der Waals surface area contributed by atoms with Gasteiger partial charge in [0.2, 0.25) is 0 Å². The molecule has 0 aliphatic carbocycles. The number of rotatable bonds is 4. The number of carbonyl (C=O) groups excluding carboxylic acids is 2. The molecule has 0 fully saturated rings. The molecule has 0 unspecified atom stereocenters. The molecule has 0 spiro atoms. The lowest BCUT2D eigenvalue weighted by Crippen LogP contribution is -2.27. The van der Waals surface area contributed by atoms with Crippen LogP contribution in [0.2, 0.25) is 0 Å². The normalized spacial score (nSPS) is 10.9. The van der Waals surface area contributed by atoms with Crippen molar-refractivity contribution in [2.24, 2.45) is 0 Å². The van der Waals surface area contributed by atoms with E-state index in [9.17, 15) is 9.59 Å². The lowest BCUT2D eigenvalue weighted by Gasteiger charge is -2.19. The van der Waals surface area contributed by atoms with E-state index in [0.717, 1.165) is 0 Å². The predicted octanol–water partition coefficient (Wildman–Crippen LogP) is 2.00. The van der Waals surface area contributed by atoms with Crippen LogP contribution < -0.4 is 4.74 Å². The van der Waals surface area contributed by atoms with E-state index in [0.29, 0.717) is 0 Å².